The van der Waals surface area contributed by atoms with Crippen molar-refractivity contribution in [2.24, 2.45) is 10.7 Å². The van der Waals surface area contributed by atoms with E-state index in [-0.39, 0.29) is 5.88 Å². The number of ether oxygens (including phenoxy) is 3. The second kappa shape index (κ2) is 9.98. The lowest BCUT2D eigenvalue weighted by atomic mass is 9.82. The fraction of sp³-hybridized carbons (Fsp3) is 0.240. The van der Waals surface area contributed by atoms with Crippen LogP contribution in [0.25, 0.3) is 11.3 Å². The lowest BCUT2D eigenvalue weighted by molar-refractivity contribution is 0.379. The van der Waals surface area contributed by atoms with Crippen molar-refractivity contribution in [1.29, 1.82) is 5.26 Å². The number of aliphatic imine (C=N–C) groups is 1. The van der Waals surface area contributed by atoms with Crippen LogP contribution < -0.4 is 19.9 Å². The smallest absolute Gasteiger partial charge is 0.244 e. The van der Waals surface area contributed by atoms with Gasteiger partial charge in [-0.15, -0.1) is 5.10 Å². The van der Waals surface area contributed by atoms with Crippen LogP contribution in [0.4, 0.5) is 0 Å². The molecule has 0 bridgehead atoms. The lowest BCUT2D eigenvalue weighted by Crippen LogP contribution is -2.21. The molecule has 0 unspecified atom stereocenters. The van der Waals surface area contributed by atoms with Gasteiger partial charge in [-0.25, -0.2) is 0 Å². The van der Waals surface area contributed by atoms with Crippen LogP contribution in [-0.2, 0) is 5.75 Å². The highest BCUT2D eigenvalue weighted by Crippen LogP contribution is 2.46. The summed E-state index contributed by atoms with van der Waals surface area (Å²) < 4.78 is 17.8. The van der Waals surface area contributed by atoms with Gasteiger partial charge in [-0.1, -0.05) is 35.7 Å². The molecule has 5 rings (SSSR count). The zero-order valence-corrected chi connectivity index (χ0v) is 20.8. The van der Waals surface area contributed by atoms with Crippen molar-refractivity contribution in [1.82, 2.24) is 10.2 Å². The first-order valence-electron chi connectivity index (χ1n) is 10.9. The van der Waals surface area contributed by atoms with Gasteiger partial charge in [0, 0.05) is 22.6 Å². The molecule has 8 nitrogen and oxygen atoms in total. The van der Waals surface area contributed by atoms with Gasteiger partial charge in [0.05, 0.1) is 37.9 Å². The van der Waals surface area contributed by atoms with E-state index in [0.29, 0.717) is 17.2 Å². The first kappa shape index (κ1) is 23.2. The SMILES string of the molecule is COc1ccc(-c2[nH]nc3c2[C@H](c2ccc(OC)c(CSC4=NCCS4)c2)C(C#N)=C(N)O3)cc1. The highest BCUT2D eigenvalue weighted by atomic mass is 32.2. The van der Waals surface area contributed by atoms with Crippen molar-refractivity contribution in [3.63, 3.8) is 0 Å². The number of nitrogens with zero attached hydrogens (tertiary/aromatic N) is 3. The maximum absolute atomic E-state index is 10.0. The third-order valence-electron chi connectivity index (χ3n) is 5.86. The molecule has 1 atom stereocenters. The molecule has 0 amide bonds. The molecule has 2 aliphatic heterocycles. The Labute approximate surface area is 211 Å². The number of fused-ring (bicyclic) bond motifs is 1. The molecule has 178 valence electrons. The largest absolute Gasteiger partial charge is 0.497 e. The van der Waals surface area contributed by atoms with Crippen LogP contribution in [0.2, 0.25) is 0 Å². The minimum Gasteiger partial charge on any atom is -0.497 e. The number of nitrogens with two attached hydrogens (primary N) is 1. The predicted octanol–water partition coefficient (Wildman–Crippen LogP) is 4.65. The molecule has 0 saturated carbocycles. The van der Waals surface area contributed by atoms with E-state index in [4.69, 9.17) is 19.9 Å². The Hall–Kier alpha value is -3.55. The molecule has 10 heteroatoms. The van der Waals surface area contributed by atoms with Gasteiger partial charge in [0.2, 0.25) is 11.8 Å². The van der Waals surface area contributed by atoms with Crippen LogP contribution in [0, 0.1) is 11.3 Å². The molecule has 0 spiro atoms. The minimum absolute atomic E-state index is 0.0567. The van der Waals surface area contributed by atoms with Crippen molar-refractivity contribution in [2.45, 2.75) is 11.7 Å². The fourth-order valence-electron chi connectivity index (χ4n) is 4.19. The molecular weight excluding hydrogens is 482 g/mol. The van der Waals surface area contributed by atoms with E-state index in [1.54, 1.807) is 37.7 Å². The van der Waals surface area contributed by atoms with Crippen molar-refractivity contribution in [2.75, 3.05) is 26.5 Å². The molecule has 2 aromatic carbocycles. The summed E-state index contributed by atoms with van der Waals surface area (Å²) in [5.74, 6) is 3.23. The summed E-state index contributed by atoms with van der Waals surface area (Å²) in [5.41, 5.74) is 10.9. The van der Waals surface area contributed by atoms with Crippen LogP contribution in [0.15, 0.2) is 58.9 Å². The zero-order valence-electron chi connectivity index (χ0n) is 19.2. The first-order valence-corrected chi connectivity index (χ1v) is 12.9. The first-order chi connectivity index (χ1) is 17.1. The molecule has 0 saturated heterocycles. The van der Waals surface area contributed by atoms with Gasteiger partial charge in [0.25, 0.3) is 0 Å². The van der Waals surface area contributed by atoms with Crippen molar-refractivity contribution >= 4 is 27.9 Å². The predicted molar refractivity (Wildman–Crippen MR) is 139 cm³/mol. The molecular formula is C25H23N5O3S2. The highest BCUT2D eigenvalue weighted by Gasteiger charge is 2.36. The number of H-pyrrole nitrogens is 1. The van der Waals surface area contributed by atoms with Gasteiger partial charge in [-0.2, -0.15) is 5.26 Å². The summed E-state index contributed by atoms with van der Waals surface area (Å²) in [6.45, 7) is 0.860. The summed E-state index contributed by atoms with van der Waals surface area (Å²) in [7, 11) is 3.29. The molecule has 35 heavy (non-hydrogen) atoms. The summed E-state index contributed by atoms with van der Waals surface area (Å²) in [6.07, 6.45) is 0. The van der Waals surface area contributed by atoms with Crippen LogP contribution in [0.3, 0.4) is 0 Å². The van der Waals surface area contributed by atoms with Crippen LogP contribution >= 0.6 is 23.5 Å². The third-order valence-corrected chi connectivity index (χ3v) is 8.17. The van der Waals surface area contributed by atoms with Gasteiger partial charge in [-0.3, -0.25) is 10.1 Å². The van der Waals surface area contributed by atoms with E-state index < -0.39 is 5.92 Å². The van der Waals surface area contributed by atoms with Crippen molar-refractivity contribution < 1.29 is 14.2 Å². The van der Waals surface area contributed by atoms with Gasteiger partial charge in [0.1, 0.15) is 27.5 Å². The van der Waals surface area contributed by atoms with Crippen LogP contribution in [-0.4, -0.2) is 41.1 Å². The number of aromatic nitrogens is 2. The Bertz CT molecular complexity index is 1360. The molecule has 3 N–H and O–H groups in total. The Morgan fingerprint density at radius 1 is 1.23 bits per heavy atom. The monoisotopic (exact) mass is 505 g/mol. The summed E-state index contributed by atoms with van der Waals surface area (Å²) in [4.78, 5) is 4.53. The van der Waals surface area contributed by atoms with E-state index in [1.165, 1.54) is 0 Å². The highest BCUT2D eigenvalue weighted by molar-refractivity contribution is 8.38. The number of hydrogen-bond donors (Lipinski definition) is 2. The summed E-state index contributed by atoms with van der Waals surface area (Å²) in [5, 5.41) is 17.5. The van der Waals surface area contributed by atoms with Crippen LogP contribution in [0.1, 0.15) is 22.6 Å². The average Bonchev–Trinajstić information content (AvgIpc) is 3.56. The van der Waals surface area contributed by atoms with E-state index in [9.17, 15) is 5.26 Å². The van der Waals surface area contributed by atoms with Gasteiger partial charge in [-0.05, 0) is 35.9 Å². The van der Waals surface area contributed by atoms with Crippen LogP contribution in [0.5, 0.6) is 17.4 Å². The molecule has 3 heterocycles. The zero-order chi connectivity index (χ0) is 24.4. The Morgan fingerprint density at radius 2 is 2.06 bits per heavy atom. The minimum atomic E-state index is -0.451. The number of aromatic amines is 1. The second-order valence-electron chi connectivity index (χ2n) is 7.83. The molecule has 3 aromatic rings. The number of hydrogen-bond acceptors (Lipinski definition) is 9. The number of rotatable bonds is 6. The molecule has 2 aliphatic rings. The fourth-order valence-corrected chi connectivity index (χ4v) is 6.18. The normalized spacial score (nSPS) is 16.8. The molecule has 0 radical (unpaired) electrons. The lowest BCUT2D eigenvalue weighted by Gasteiger charge is -2.25. The van der Waals surface area contributed by atoms with E-state index in [0.717, 1.165) is 56.1 Å². The van der Waals surface area contributed by atoms with Gasteiger partial charge in [0.15, 0.2) is 0 Å². The Kier molecular flexibility index (Phi) is 6.61. The molecule has 1 aromatic heterocycles. The van der Waals surface area contributed by atoms with Crippen molar-refractivity contribution in [3.05, 3.63) is 70.6 Å². The van der Waals surface area contributed by atoms with Gasteiger partial charge < -0.3 is 19.9 Å². The average molecular weight is 506 g/mol. The second-order valence-corrected chi connectivity index (χ2v) is 10.1. The Morgan fingerprint density at radius 3 is 2.74 bits per heavy atom. The third kappa shape index (κ3) is 4.45. The maximum atomic E-state index is 10.0. The number of allylic oxidation sites excluding steroid dienone is 1. The quantitative estimate of drug-likeness (QED) is 0.497. The summed E-state index contributed by atoms with van der Waals surface area (Å²) in [6, 6.07) is 15.9. The number of nitriles is 1. The van der Waals surface area contributed by atoms with E-state index in [1.807, 2.05) is 36.4 Å². The number of methoxy groups -OCH3 is 2. The molecule has 0 fully saturated rings. The van der Waals surface area contributed by atoms with E-state index in [2.05, 4.69) is 27.3 Å². The van der Waals surface area contributed by atoms with E-state index >= 15 is 0 Å². The number of benzene rings is 2. The maximum Gasteiger partial charge on any atom is 0.244 e. The van der Waals surface area contributed by atoms with Crippen molar-refractivity contribution in [3.8, 4) is 34.7 Å². The van der Waals surface area contributed by atoms with Gasteiger partial charge >= 0.3 is 0 Å². The summed E-state index contributed by atoms with van der Waals surface area (Å²) >= 11 is 3.47. The molecule has 0 aliphatic carbocycles. The topological polar surface area (TPSA) is 119 Å². The standard InChI is InChI=1S/C25H23N5O3S2/c1-31-17-6-3-14(4-7-17)22-21-20(18(12-26)23(27)33-24(21)30-29-22)15-5-8-19(32-2)16(11-15)13-35-25-28-9-10-34-25/h3-8,11,20H,9-10,13,27H2,1-2H3,(H,29,30)/t20-/m1/s1. The number of thioether (sulfide) groups is 2. The Balaban J connectivity index is 1.59. The number of nitrogens with one attached hydrogen (secondary N) is 1.